The van der Waals surface area contributed by atoms with Gasteiger partial charge in [0.2, 0.25) is 5.82 Å². The lowest BCUT2D eigenvalue weighted by molar-refractivity contribution is -0.145. The number of halogens is 3. The SMILES string of the molecule is O=C(Cc1cc2ccccc2[nH]c1=O)OCc1nc(-c2ccc(C(F)(F)F)cc2)no1. The average molecular weight is 429 g/mol. The number of hydrogen-bond acceptors (Lipinski definition) is 6. The predicted octanol–water partition coefficient (Wildman–Crippen LogP) is 3.88. The highest BCUT2D eigenvalue weighted by molar-refractivity contribution is 5.80. The van der Waals surface area contributed by atoms with E-state index >= 15 is 0 Å². The van der Waals surface area contributed by atoms with E-state index in [1.165, 1.54) is 12.1 Å². The largest absolute Gasteiger partial charge is 0.455 e. The molecule has 4 rings (SSSR count). The van der Waals surface area contributed by atoms with Crippen LogP contribution in [0.2, 0.25) is 0 Å². The van der Waals surface area contributed by atoms with Gasteiger partial charge in [0.25, 0.3) is 11.4 Å². The first-order chi connectivity index (χ1) is 14.8. The number of fused-ring (bicyclic) bond motifs is 1. The Balaban J connectivity index is 1.39. The molecule has 0 aliphatic carbocycles. The lowest BCUT2D eigenvalue weighted by atomic mass is 10.1. The van der Waals surface area contributed by atoms with Crippen molar-refractivity contribution in [2.75, 3.05) is 0 Å². The maximum Gasteiger partial charge on any atom is 0.416 e. The van der Waals surface area contributed by atoms with Crippen molar-refractivity contribution in [2.24, 2.45) is 0 Å². The molecule has 0 saturated carbocycles. The monoisotopic (exact) mass is 429 g/mol. The number of carbonyl (C=O) groups is 1. The van der Waals surface area contributed by atoms with Crippen LogP contribution in [0.3, 0.4) is 0 Å². The zero-order chi connectivity index (χ0) is 22.0. The molecule has 0 bridgehead atoms. The lowest BCUT2D eigenvalue weighted by Gasteiger charge is -2.05. The number of aromatic amines is 1. The number of H-pyrrole nitrogens is 1. The third-order valence-electron chi connectivity index (χ3n) is 4.46. The molecule has 4 aromatic rings. The van der Waals surface area contributed by atoms with Gasteiger partial charge in [-0.1, -0.05) is 35.5 Å². The summed E-state index contributed by atoms with van der Waals surface area (Å²) in [5.74, 6) is -0.642. The minimum Gasteiger partial charge on any atom is -0.455 e. The van der Waals surface area contributed by atoms with Crippen LogP contribution in [0.5, 0.6) is 0 Å². The molecular formula is C21H14F3N3O4. The topological polar surface area (TPSA) is 98.1 Å². The van der Waals surface area contributed by atoms with Crippen molar-refractivity contribution in [1.29, 1.82) is 0 Å². The summed E-state index contributed by atoms with van der Waals surface area (Å²) in [6, 6.07) is 13.0. The fraction of sp³-hybridized carbons (Fsp3) is 0.143. The number of hydrogen-bond donors (Lipinski definition) is 1. The summed E-state index contributed by atoms with van der Waals surface area (Å²) in [6.07, 6.45) is -4.69. The van der Waals surface area contributed by atoms with Gasteiger partial charge in [-0.2, -0.15) is 18.2 Å². The molecular weight excluding hydrogens is 415 g/mol. The van der Waals surface area contributed by atoms with E-state index in [2.05, 4.69) is 15.1 Å². The van der Waals surface area contributed by atoms with Crippen molar-refractivity contribution in [3.63, 3.8) is 0 Å². The Hall–Kier alpha value is -3.95. The van der Waals surface area contributed by atoms with Crippen molar-refractivity contribution in [3.05, 3.63) is 82.0 Å². The predicted molar refractivity (Wildman–Crippen MR) is 103 cm³/mol. The molecule has 0 aliphatic rings. The molecule has 0 amide bonds. The van der Waals surface area contributed by atoms with E-state index in [0.717, 1.165) is 17.5 Å². The molecule has 0 spiro atoms. The van der Waals surface area contributed by atoms with E-state index in [-0.39, 0.29) is 30.3 Å². The number of pyridine rings is 1. The third-order valence-corrected chi connectivity index (χ3v) is 4.46. The van der Waals surface area contributed by atoms with Crippen LogP contribution in [0.4, 0.5) is 13.2 Å². The highest BCUT2D eigenvalue weighted by atomic mass is 19.4. The summed E-state index contributed by atoms with van der Waals surface area (Å²) in [4.78, 5) is 30.9. The lowest BCUT2D eigenvalue weighted by Crippen LogP contribution is -2.17. The highest BCUT2D eigenvalue weighted by Gasteiger charge is 2.30. The number of nitrogens with one attached hydrogen (secondary N) is 1. The van der Waals surface area contributed by atoms with E-state index in [4.69, 9.17) is 9.26 Å². The molecule has 31 heavy (non-hydrogen) atoms. The Morgan fingerprint density at radius 1 is 1.10 bits per heavy atom. The summed E-state index contributed by atoms with van der Waals surface area (Å²) in [6.45, 7) is -0.335. The number of ether oxygens (including phenoxy) is 1. The average Bonchev–Trinajstić information content (AvgIpc) is 3.21. The molecule has 0 radical (unpaired) electrons. The van der Waals surface area contributed by atoms with E-state index in [9.17, 15) is 22.8 Å². The van der Waals surface area contributed by atoms with Crippen LogP contribution in [-0.2, 0) is 28.7 Å². The quantitative estimate of drug-likeness (QED) is 0.484. The first kappa shape index (κ1) is 20.3. The van der Waals surface area contributed by atoms with Crippen molar-refractivity contribution in [1.82, 2.24) is 15.1 Å². The molecule has 0 fully saturated rings. The van der Waals surface area contributed by atoms with Crippen molar-refractivity contribution in [2.45, 2.75) is 19.2 Å². The third kappa shape index (κ3) is 4.63. The number of aromatic nitrogens is 3. The molecule has 7 nitrogen and oxygen atoms in total. The minimum absolute atomic E-state index is 0.0318. The van der Waals surface area contributed by atoms with Crippen LogP contribution in [0, 0.1) is 0 Å². The number of carbonyl (C=O) groups excluding carboxylic acids is 1. The van der Waals surface area contributed by atoms with Crippen molar-refractivity contribution >= 4 is 16.9 Å². The van der Waals surface area contributed by atoms with E-state index in [1.54, 1.807) is 24.3 Å². The number of benzene rings is 2. The summed E-state index contributed by atoms with van der Waals surface area (Å²) < 4.78 is 48.0. The van der Waals surface area contributed by atoms with Crippen LogP contribution in [0.25, 0.3) is 22.3 Å². The van der Waals surface area contributed by atoms with Crippen LogP contribution >= 0.6 is 0 Å². The van der Waals surface area contributed by atoms with Crippen LogP contribution < -0.4 is 5.56 Å². The van der Waals surface area contributed by atoms with Gasteiger partial charge in [-0.25, -0.2) is 0 Å². The molecule has 2 aromatic carbocycles. The molecule has 0 atom stereocenters. The van der Waals surface area contributed by atoms with Gasteiger partial charge < -0.3 is 14.2 Å². The van der Waals surface area contributed by atoms with Crippen LogP contribution in [-0.4, -0.2) is 21.1 Å². The second-order valence-corrected chi connectivity index (χ2v) is 6.64. The Morgan fingerprint density at radius 2 is 1.84 bits per heavy atom. The molecule has 10 heteroatoms. The second-order valence-electron chi connectivity index (χ2n) is 6.64. The van der Waals surface area contributed by atoms with E-state index in [0.29, 0.717) is 11.1 Å². The standard InChI is InChI=1S/C21H14F3N3O4/c22-21(23,24)15-7-5-12(6-8-15)19-26-17(31-27-19)11-30-18(28)10-14-9-13-3-1-2-4-16(13)25-20(14)29/h1-9H,10-11H2,(H,25,29). The maximum atomic E-state index is 12.6. The number of alkyl halides is 3. The first-order valence-corrected chi connectivity index (χ1v) is 9.06. The summed E-state index contributed by atoms with van der Waals surface area (Å²) >= 11 is 0. The van der Waals surface area contributed by atoms with Gasteiger partial charge in [-0.15, -0.1) is 0 Å². The van der Waals surface area contributed by atoms with Gasteiger partial charge in [0.1, 0.15) is 0 Å². The van der Waals surface area contributed by atoms with Gasteiger partial charge in [0.05, 0.1) is 12.0 Å². The fourth-order valence-electron chi connectivity index (χ4n) is 2.91. The Morgan fingerprint density at radius 3 is 2.58 bits per heavy atom. The van der Waals surface area contributed by atoms with Gasteiger partial charge in [-0.3, -0.25) is 9.59 Å². The molecule has 0 unspecified atom stereocenters. The fourth-order valence-corrected chi connectivity index (χ4v) is 2.91. The number of nitrogens with zero attached hydrogens (tertiary/aromatic N) is 2. The first-order valence-electron chi connectivity index (χ1n) is 9.06. The zero-order valence-electron chi connectivity index (χ0n) is 15.8. The number of rotatable bonds is 5. The maximum absolute atomic E-state index is 12.6. The molecule has 1 N–H and O–H groups in total. The van der Waals surface area contributed by atoms with Crippen LogP contribution in [0.1, 0.15) is 17.0 Å². The van der Waals surface area contributed by atoms with E-state index < -0.39 is 23.3 Å². The minimum atomic E-state index is -4.44. The molecule has 2 heterocycles. The number of esters is 1. The Labute approximate surface area is 172 Å². The van der Waals surface area contributed by atoms with Gasteiger partial charge in [0, 0.05) is 16.6 Å². The second kappa shape index (κ2) is 8.05. The molecule has 0 aliphatic heterocycles. The van der Waals surface area contributed by atoms with Crippen LogP contribution in [0.15, 0.2) is 63.9 Å². The normalized spacial score (nSPS) is 11.6. The summed E-state index contributed by atoms with van der Waals surface area (Å²) in [5, 5.41) is 4.46. The van der Waals surface area contributed by atoms with Gasteiger partial charge in [-0.05, 0) is 29.7 Å². The number of para-hydroxylation sites is 1. The molecule has 158 valence electrons. The summed E-state index contributed by atoms with van der Waals surface area (Å²) in [5.41, 5.74) is 0.0403. The van der Waals surface area contributed by atoms with E-state index in [1.807, 2.05) is 6.07 Å². The Kier molecular flexibility index (Phi) is 5.28. The molecule has 0 saturated heterocycles. The smallest absolute Gasteiger partial charge is 0.416 e. The van der Waals surface area contributed by atoms with Gasteiger partial charge in [0.15, 0.2) is 6.61 Å². The zero-order valence-corrected chi connectivity index (χ0v) is 15.8. The van der Waals surface area contributed by atoms with Crippen molar-refractivity contribution in [3.8, 4) is 11.4 Å². The highest BCUT2D eigenvalue weighted by Crippen LogP contribution is 2.30. The molecule has 2 aromatic heterocycles. The van der Waals surface area contributed by atoms with Gasteiger partial charge >= 0.3 is 12.1 Å². The summed E-state index contributed by atoms with van der Waals surface area (Å²) in [7, 11) is 0. The Bertz CT molecular complexity index is 1290. The van der Waals surface area contributed by atoms with Crippen molar-refractivity contribution < 1.29 is 27.2 Å².